The van der Waals surface area contributed by atoms with Crippen molar-refractivity contribution in [2.75, 3.05) is 0 Å². The zero-order chi connectivity index (χ0) is 14.7. The number of nitrogens with one attached hydrogen (secondary N) is 1. The smallest absolute Gasteiger partial charge is 0.0485 e. The van der Waals surface area contributed by atoms with Gasteiger partial charge in [-0.2, -0.15) is 0 Å². The summed E-state index contributed by atoms with van der Waals surface area (Å²) in [4.78, 5) is 0. The maximum Gasteiger partial charge on any atom is 0.0485 e. The molecule has 0 aliphatic carbocycles. The normalized spacial score (nSPS) is 11.1. The molecule has 1 N–H and O–H groups in total. The summed E-state index contributed by atoms with van der Waals surface area (Å²) in [6, 6.07) is 12.5. The van der Waals surface area contributed by atoms with E-state index in [1.54, 1.807) is 0 Å². The summed E-state index contributed by atoms with van der Waals surface area (Å²) in [6.07, 6.45) is 0. The minimum atomic E-state index is 0.444. The van der Waals surface area contributed by atoms with Gasteiger partial charge in [-0.15, -0.1) is 0 Å². The summed E-state index contributed by atoms with van der Waals surface area (Å²) in [5, 5.41) is 4.88. The minimum absolute atomic E-state index is 0.444. The molecule has 20 heavy (non-hydrogen) atoms. The van der Waals surface area contributed by atoms with Gasteiger partial charge in [-0.1, -0.05) is 60.8 Å². The fourth-order valence-corrected chi connectivity index (χ4v) is 2.50. The topological polar surface area (TPSA) is 12.0 Å². The quantitative estimate of drug-likeness (QED) is 0.790. The molecule has 0 bridgehead atoms. The molecule has 2 aromatic carbocycles. The Bertz CT molecular complexity index is 606. The third-order valence-electron chi connectivity index (χ3n) is 3.18. The highest BCUT2D eigenvalue weighted by molar-refractivity contribution is 6.35. The molecule has 0 saturated heterocycles. The SMILES string of the molecule is Cc1ccc(CNC(C)C)c(-c2cc(Cl)ccc2Cl)c1. The predicted octanol–water partition coefficient (Wildman–Crippen LogP) is 5.47. The van der Waals surface area contributed by atoms with E-state index in [9.17, 15) is 0 Å². The molecule has 0 amide bonds. The number of hydrogen-bond acceptors (Lipinski definition) is 1. The lowest BCUT2D eigenvalue weighted by molar-refractivity contribution is 0.589. The Balaban J connectivity index is 2.48. The molecule has 2 aromatic rings. The molecule has 0 radical (unpaired) electrons. The lowest BCUT2D eigenvalue weighted by atomic mass is 9.97. The zero-order valence-corrected chi connectivity index (χ0v) is 13.5. The van der Waals surface area contributed by atoms with E-state index in [2.05, 4.69) is 44.3 Å². The Hall–Kier alpha value is -1.02. The summed E-state index contributed by atoms with van der Waals surface area (Å²) < 4.78 is 0. The standard InChI is InChI=1S/C17H19Cl2N/c1-11(2)20-10-13-5-4-12(3)8-15(13)16-9-14(18)6-7-17(16)19/h4-9,11,20H,10H2,1-3H3. The fourth-order valence-electron chi connectivity index (χ4n) is 2.11. The van der Waals surface area contributed by atoms with Crippen molar-refractivity contribution in [3.05, 3.63) is 57.6 Å². The molecule has 0 heterocycles. The summed E-state index contributed by atoms with van der Waals surface area (Å²) in [5.41, 5.74) is 4.58. The van der Waals surface area contributed by atoms with Gasteiger partial charge in [-0.25, -0.2) is 0 Å². The lowest BCUT2D eigenvalue weighted by Crippen LogP contribution is -2.22. The van der Waals surface area contributed by atoms with Crippen LogP contribution in [0.25, 0.3) is 11.1 Å². The van der Waals surface area contributed by atoms with Crippen LogP contribution in [0.4, 0.5) is 0 Å². The van der Waals surface area contributed by atoms with Crippen LogP contribution >= 0.6 is 23.2 Å². The first kappa shape index (κ1) is 15.4. The number of rotatable bonds is 4. The maximum absolute atomic E-state index is 6.34. The molecular weight excluding hydrogens is 289 g/mol. The molecule has 0 aliphatic rings. The molecule has 1 nitrogen and oxygen atoms in total. The van der Waals surface area contributed by atoms with E-state index in [0.717, 1.165) is 22.7 Å². The fraction of sp³-hybridized carbons (Fsp3) is 0.294. The Morgan fingerprint density at radius 2 is 1.75 bits per heavy atom. The monoisotopic (exact) mass is 307 g/mol. The van der Waals surface area contributed by atoms with Crippen LogP contribution in [0.2, 0.25) is 10.0 Å². The van der Waals surface area contributed by atoms with Gasteiger partial charge in [0.25, 0.3) is 0 Å². The van der Waals surface area contributed by atoms with Gasteiger partial charge in [0, 0.05) is 28.2 Å². The van der Waals surface area contributed by atoms with Crippen LogP contribution in [0.5, 0.6) is 0 Å². The number of hydrogen-bond donors (Lipinski definition) is 1. The largest absolute Gasteiger partial charge is 0.310 e. The molecule has 0 spiro atoms. The van der Waals surface area contributed by atoms with Gasteiger partial charge in [0.05, 0.1) is 0 Å². The van der Waals surface area contributed by atoms with Gasteiger partial charge in [-0.3, -0.25) is 0 Å². The summed E-state index contributed by atoms with van der Waals surface area (Å²) in [6.45, 7) is 7.18. The molecule has 0 aromatic heterocycles. The Labute approximate surface area is 130 Å². The van der Waals surface area contributed by atoms with Gasteiger partial charge >= 0.3 is 0 Å². The second-order valence-corrected chi connectivity index (χ2v) is 6.16. The average molecular weight is 308 g/mol. The third kappa shape index (κ3) is 3.76. The van der Waals surface area contributed by atoms with Crippen molar-refractivity contribution in [2.24, 2.45) is 0 Å². The van der Waals surface area contributed by atoms with Crippen LogP contribution in [0.15, 0.2) is 36.4 Å². The molecule has 0 atom stereocenters. The van der Waals surface area contributed by atoms with Crippen LogP contribution < -0.4 is 5.32 Å². The molecule has 0 fully saturated rings. The van der Waals surface area contributed by atoms with E-state index in [1.165, 1.54) is 11.1 Å². The first-order valence-electron chi connectivity index (χ1n) is 6.75. The molecular formula is C17H19Cl2N. The second kappa shape index (κ2) is 6.62. The molecule has 3 heteroatoms. The van der Waals surface area contributed by atoms with Crippen LogP contribution in [-0.4, -0.2) is 6.04 Å². The van der Waals surface area contributed by atoms with Crippen LogP contribution in [0, 0.1) is 6.92 Å². The Kier molecular flexibility index (Phi) is 5.09. The van der Waals surface area contributed by atoms with Crippen LogP contribution in [0.1, 0.15) is 25.0 Å². The van der Waals surface area contributed by atoms with Gasteiger partial charge < -0.3 is 5.32 Å². The predicted molar refractivity (Wildman–Crippen MR) is 88.6 cm³/mol. The Morgan fingerprint density at radius 1 is 1.00 bits per heavy atom. The van der Waals surface area contributed by atoms with E-state index < -0.39 is 0 Å². The number of halogens is 2. The summed E-state index contributed by atoms with van der Waals surface area (Å²) in [5.74, 6) is 0. The summed E-state index contributed by atoms with van der Waals surface area (Å²) >= 11 is 12.5. The van der Waals surface area contributed by atoms with Gasteiger partial charge in [0.1, 0.15) is 0 Å². The molecule has 0 aliphatic heterocycles. The van der Waals surface area contributed by atoms with E-state index in [-0.39, 0.29) is 0 Å². The summed E-state index contributed by atoms with van der Waals surface area (Å²) in [7, 11) is 0. The van der Waals surface area contributed by atoms with Crippen molar-refractivity contribution in [1.82, 2.24) is 5.32 Å². The van der Waals surface area contributed by atoms with Gasteiger partial charge in [-0.05, 0) is 36.2 Å². The minimum Gasteiger partial charge on any atom is -0.310 e. The van der Waals surface area contributed by atoms with Crippen LogP contribution in [-0.2, 0) is 6.54 Å². The molecule has 0 unspecified atom stereocenters. The first-order chi connectivity index (χ1) is 9.47. The van der Waals surface area contributed by atoms with Crippen molar-refractivity contribution < 1.29 is 0 Å². The average Bonchev–Trinajstić information content (AvgIpc) is 2.40. The van der Waals surface area contributed by atoms with E-state index >= 15 is 0 Å². The lowest BCUT2D eigenvalue weighted by Gasteiger charge is -2.15. The maximum atomic E-state index is 6.34. The highest BCUT2D eigenvalue weighted by Gasteiger charge is 2.10. The number of aryl methyl sites for hydroxylation is 1. The van der Waals surface area contributed by atoms with Crippen molar-refractivity contribution in [3.8, 4) is 11.1 Å². The molecule has 2 rings (SSSR count). The van der Waals surface area contributed by atoms with E-state index in [1.807, 2.05) is 18.2 Å². The zero-order valence-electron chi connectivity index (χ0n) is 12.0. The third-order valence-corrected chi connectivity index (χ3v) is 3.75. The Morgan fingerprint density at radius 3 is 2.45 bits per heavy atom. The number of benzene rings is 2. The molecule has 106 valence electrons. The van der Waals surface area contributed by atoms with Crippen LogP contribution in [0.3, 0.4) is 0 Å². The van der Waals surface area contributed by atoms with E-state index in [0.29, 0.717) is 11.1 Å². The first-order valence-corrected chi connectivity index (χ1v) is 7.51. The van der Waals surface area contributed by atoms with Crippen molar-refractivity contribution in [2.45, 2.75) is 33.4 Å². The highest BCUT2D eigenvalue weighted by Crippen LogP contribution is 2.33. The van der Waals surface area contributed by atoms with E-state index in [4.69, 9.17) is 23.2 Å². The highest BCUT2D eigenvalue weighted by atomic mass is 35.5. The van der Waals surface area contributed by atoms with Gasteiger partial charge in [0.15, 0.2) is 0 Å². The van der Waals surface area contributed by atoms with Crippen molar-refractivity contribution >= 4 is 23.2 Å². The van der Waals surface area contributed by atoms with Crippen molar-refractivity contribution in [3.63, 3.8) is 0 Å². The second-order valence-electron chi connectivity index (χ2n) is 5.32. The van der Waals surface area contributed by atoms with Crippen molar-refractivity contribution in [1.29, 1.82) is 0 Å². The van der Waals surface area contributed by atoms with Gasteiger partial charge in [0.2, 0.25) is 0 Å². The molecule has 0 saturated carbocycles.